The van der Waals surface area contributed by atoms with Crippen LogP contribution in [0.15, 0.2) is 40.5 Å². The van der Waals surface area contributed by atoms with E-state index in [0.29, 0.717) is 12.5 Å². The Hall–Kier alpha value is -1.29. The Kier molecular flexibility index (Phi) is 6.30. The summed E-state index contributed by atoms with van der Waals surface area (Å²) in [5.74, 6) is 0.659. The van der Waals surface area contributed by atoms with Crippen LogP contribution in [0.25, 0.3) is 0 Å². The van der Waals surface area contributed by atoms with E-state index in [1.165, 1.54) is 36.8 Å². The zero-order chi connectivity index (χ0) is 15.1. The molecule has 1 aromatic carbocycles. The third-order valence-corrected chi connectivity index (χ3v) is 4.51. The van der Waals surface area contributed by atoms with Gasteiger partial charge in [0.15, 0.2) is 0 Å². The molecule has 21 heavy (non-hydrogen) atoms. The number of rotatable bonds is 5. The molecule has 0 bridgehead atoms. The van der Waals surface area contributed by atoms with Gasteiger partial charge in [-0.1, -0.05) is 46.5 Å². The molecule has 0 radical (unpaired) electrons. The van der Waals surface area contributed by atoms with E-state index < -0.39 is 0 Å². The fourth-order valence-electron chi connectivity index (χ4n) is 2.74. The zero-order valence-electron chi connectivity index (χ0n) is 12.5. The number of nitrogens with one attached hydrogen (secondary N) is 2. The van der Waals surface area contributed by atoms with Crippen molar-refractivity contribution >= 4 is 22.0 Å². The molecule has 0 saturated heterocycles. The van der Waals surface area contributed by atoms with Crippen LogP contribution in [0.2, 0.25) is 0 Å². The highest BCUT2D eigenvalue weighted by atomic mass is 79.9. The van der Waals surface area contributed by atoms with Gasteiger partial charge in [0.25, 0.3) is 0 Å². The quantitative estimate of drug-likeness (QED) is 0.812. The Labute approximate surface area is 135 Å². The second kappa shape index (κ2) is 8.23. The van der Waals surface area contributed by atoms with Gasteiger partial charge in [-0.15, -0.1) is 0 Å². The molecule has 2 amide bonds. The van der Waals surface area contributed by atoms with Crippen molar-refractivity contribution in [2.24, 2.45) is 5.92 Å². The van der Waals surface area contributed by atoms with Crippen LogP contribution >= 0.6 is 15.9 Å². The molecule has 3 nitrogen and oxygen atoms in total. The predicted molar refractivity (Wildman–Crippen MR) is 90.1 cm³/mol. The number of urea groups is 1. The molecule has 1 saturated carbocycles. The first kappa shape index (κ1) is 16.1. The maximum absolute atomic E-state index is 11.7. The summed E-state index contributed by atoms with van der Waals surface area (Å²) in [6.45, 7) is 2.75. The van der Waals surface area contributed by atoms with Crippen molar-refractivity contribution < 1.29 is 4.79 Å². The first-order valence-corrected chi connectivity index (χ1v) is 8.40. The molecule has 1 aliphatic carbocycles. The van der Waals surface area contributed by atoms with E-state index in [1.54, 1.807) is 0 Å². The summed E-state index contributed by atoms with van der Waals surface area (Å²) in [7, 11) is 0. The number of benzene rings is 1. The van der Waals surface area contributed by atoms with Gasteiger partial charge in [-0.05, 0) is 49.8 Å². The van der Waals surface area contributed by atoms with Gasteiger partial charge in [0.2, 0.25) is 0 Å². The van der Waals surface area contributed by atoms with Crippen molar-refractivity contribution in [1.82, 2.24) is 10.6 Å². The van der Waals surface area contributed by atoms with E-state index >= 15 is 0 Å². The van der Waals surface area contributed by atoms with Gasteiger partial charge in [0.05, 0.1) is 0 Å². The van der Waals surface area contributed by atoms with E-state index in [4.69, 9.17) is 0 Å². The number of halogens is 1. The molecule has 1 aromatic rings. The molecule has 0 atom stereocenters. The summed E-state index contributed by atoms with van der Waals surface area (Å²) < 4.78 is 1.07. The molecule has 0 heterocycles. The molecule has 1 fully saturated rings. The lowest BCUT2D eigenvalue weighted by Gasteiger charge is -2.10. The average molecular weight is 351 g/mol. The second-order valence-electron chi connectivity index (χ2n) is 5.65. The number of allylic oxidation sites excluding steroid dienone is 1. The zero-order valence-corrected chi connectivity index (χ0v) is 14.1. The summed E-state index contributed by atoms with van der Waals surface area (Å²) in [5.41, 5.74) is 2.50. The standard InChI is InChI=1S/C17H23BrN2O/c1-13(15-6-2-3-7-15)12-20-17(21)19-10-9-14-5-4-8-16(18)11-14/h4-5,8,11-12,15H,2-3,6-7,9-10H2,1H3,(H2,19,20,21)/b13-12+. The maximum Gasteiger partial charge on any atom is 0.318 e. The van der Waals surface area contributed by atoms with Crippen LogP contribution in [0, 0.1) is 5.92 Å². The van der Waals surface area contributed by atoms with E-state index in [0.717, 1.165) is 10.9 Å². The molecule has 0 unspecified atom stereocenters. The lowest BCUT2D eigenvalue weighted by Crippen LogP contribution is -2.33. The molecular formula is C17H23BrN2O. The van der Waals surface area contributed by atoms with Gasteiger partial charge in [0, 0.05) is 17.2 Å². The van der Waals surface area contributed by atoms with Crippen molar-refractivity contribution in [3.63, 3.8) is 0 Å². The lowest BCUT2D eigenvalue weighted by atomic mass is 10.0. The summed E-state index contributed by atoms with van der Waals surface area (Å²) in [6, 6.07) is 8.02. The lowest BCUT2D eigenvalue weighted by molar-refractivity contribution is 0.244. The molecule has 0 spiro atoms. The fraction of sp³-hybridized carbons (Fsp3) is 0.471. The number of hydrogen-bond donors (Lipinski definition) is 2. The highest BCUT2D eigenvalue weighted by Gasteiger charge is 2.16. The molecule has 114 valence electrons. The minimum atomic E-state index is -0.123. The first-order valence-electron chi connectivity index (χ1n) is 7.60. The SMILES string of the molecule is C/C(=C\NC(=O)NCCc1cccc(Br)c1)C1CCCC1. The summed E-state index contributed by atoms with van der Waals surface area (Å²) >= 11 is 3.45. The largest absolute Gasteiger partial charge is 0.338 e. The monoisotopic (exact) mass is 350 g/mol. The van der Waals surface area contributed by atoms with Crippen LogP contribution in [0.4, 0.5) is 4.79 Å². The van der Waals surface area contributed by atoms with Gasteiger partial charge >= 0.3 is 6.03 Å². The predicted octanol–water partition coefficient (Wildman–Crippen LogP) is 4.38. The normalized spacial score (nSPS) is 16.0. The third-order valence-electron chi connectivity index (χ3n) is 4.02. The van der Waals surface area contributed by atoms with Crippen LogP contribution in [0.3, 0.4) is 0 Å². The minimum absolute atomic E-state index is 0.123. The van der Waals surface area contributed by atoms with E-state index in [9.17, 15) is 4.79 Å². The highest BCUT2D eigenvalue weighted by Crippen LogP contribution is 2.30. The third kappa shape index (κ3) is 5.54. The molecule has 0 aliphatic heterocycles. The van der Waals surface area contributed by atoms with Gasteiger partial charge in [-0.2, -0.15) is 0 Å². The second-order valence-corrected chi connectivity index (χ2v) is 6.57. The summed E-state index contributed by atoms with van der Waals surface area (Å²) in [5, 5.41) is 5.72. The highest BCUT2D eigenvalue weighted by molar-refractivity contribution is 9.10. The van der Waals surface area contributed by atoms with Crippen LogP contribution in [-0.4, -0.2) is 12.6 Å². The van der Waals surface area contributed by atoms with Crippen LogP contribution in [0.1, 0.15) is 38.2 Å². The minimum Gasteiger partial charge on any atom is -0.338 e. The Morgan fingerprint density at radius 2 is 2.14 bits per heavy atom. The average Bonchev–Trinajstić information content (AvgIpc) is 2.99. The van der Waals surface area contributed by atoms with E-state index in [2.05, 4.69) is 45.6 Å². The van der Waals surface area contributed by atoms with Gasteiger partial charge < -0.3 is 10.6 Å². The molecule has 2 N–H and O–H groups in total. The van der Waals surface area contributed by atoms with Crippen LogP contribution in [-0.2, 0) is 6.42 Å². The number of carbonyl (C=O) groups excluding carboxylic acids is 1. The number of hydrogen-bond acceptors (Lipinski definition) is 1. The Bertz CT molecular complexity index is 507. The molecular weight excluding hydrogens is 328 g/mol. The van der Waals surface area contributed by atoms with Crippen LogP contribution in [0.5, 0.6) is 0 Å². The molecule has 4 heteroatoms. The van der Waals surface area contributed by atoms with Crippen molar-refractivity contribution in [1.29, 1.82) is 0 Å². The molecule has 2 rings (SSSR count). The Morgan fingerprint density at radius 3 is 2.86 bits per heavy atom. The van der Waals surface area contributed by atoms with Crippen molar-refractivity contribution in [2.75, 3.05) is 6.54 Å². The van der Waals surface area contributed by atoms with Gasteiger partial charge in [0.1, 0.15) is 0 Å². The van der Waals surface area contributed by atoms with Gasteiger partial charge in [-0.25, -0.2) is 4.79 Å². The topological polar surface area (TPSA) is 41.1 Å². The molecule has 0 aromatic heterocycles. The van der Waals surface area contributed by atoms with E-state index in [1.807, 2.05) is 18.3 Å². The Balaban J connectivity index is 1.68. The van der Waals surface area contributed by atoms with Gasteiger partial charge in [-0.3, -0.25) is 0 Å². The molecule has 1 aliphatic rings. The number of carbonyl (C=O) groups is 1. The maximum atomic E-state index is 11.7. The smallest absolute Gasteiger partial charge is 0.318 e. The summed E-state index contributed by atoms with van der Waals surface area (Å²) in [4.78, 5) is 11.7. The van der Waals surface area contributed by atoms with Crippen molar-refractivity contribution in [3.05, 3.63) is 46.1 Å². The van der Waals surface area contributed by atoms with Crippen molar-refractivity contribution in [3.8, 4) is 0 Å². The van der Waals surface area contributed by atoms with E-state index in [-0.39, 0.29) is 6.03 Å². The Morgan fingerprint density at radius 1 is 1.38 bits per heavy atom. The summed E-state index contributed by atoms with van der Waals surface area (Å²) in [6.07, 6.45) is 7.84. The first-order chi connectivity index (χ1) is 10.1. The fourth-order valence-corrected chi connectivity index (χ4v) is 3.19. The van der Waals surface area contributed by atoms with Crippen LogP contribution < -0.4 is 10.6 Å². The number of amides is 2. The van der Waals surface area contributed by atoms with Crippen molar-refractivity contribution in [2.45, 2.75) is 39.0 Å².